The molecule has 0 atom stereocenters. The van der Waals surface area contributed by atoms with E-state index in [9.17, 15) is 4.79 Å². The normalized spacial score (nSPS) is 19.8. The number of piperidine rings is 1. The van der Waals surface area contributed by atoms with E-state index < -0.39 is 0 Å². The minimum atomic E-state index is 0.244. The molecule has 5 nitrogen and oxygen atoms in total. The van der Waals surface area contributed by atoms with Crippen molar-refractivity contribution in [3.8, 4) is 5.75 Å². The molecule has 25 heavy (non-hydrogen) atoms. The molecule has 0 radical (unpaired) electrons. The average molecular weight is 346 g/mol. The lowest BCUT2D eigenvalue weighted by atomic mass is 9.95. The molecular weight excluding hydrogens is 316 g/mol. The molecule has 138 valence electrons. The van der Waals surface area contributed by atoms with Crippen LogP contribution in [0.1, 0.15) is 25.3 Å². The van der Waals surface area contributed by atoms with E-state index in [1.165, 1.54) is 0 Å². The minimum absolute atomic E-state index is 0.244. The number of hydrogen-bond acceptors (Lipinski definition) is 4. The molecule has 0 saturated carbocycles. The Labute approximate surface area is 150 Å². The Morgan fingerprint density at radius 2 is 1.80 bits per heavy atom. The number of nitrogens with zero attached hydrogens (tertiary/aromatic N) is 2. The van der Waals surface area contributed by atoms with E-state index in [0.29, 0.717) is 18.9 Å². The van der Waals surface area contributed by atoms with Gasteiger partial charge in [-0.25, -0.2) is 0 Å². The minimum Gasteiger partial charge on any atom is -0.494 e. The first-order valence-corrected chi connectivity index (χ1v) is 9.54. The van der Waals surface area contributed by atoms with E-state index in [1.54, 1.807) is 0 Å². The molecule has 2 saturated heterocycles. The molecule has 1 amide bonds. The van der Waals surface area contributed by atoms with Crippen LogP contribution in [0, 0.1) is 5.92 Å². The van der Waals surface area contributed by atoms with E-state index in [0.717, 1.165) is 70.1 Å². The van der Waals surface area contributed by atoms with Gasteiger partial charge < -0.3 is 14.4 Å². The van der Waals surface area contributed by atoms with Crippen molar-refractivity contribution in [1.29, 1.82) is 0 Å². The summed E-state index contributed by atoms with van der Waals surface area (Å²) >= 11 is 0. The molecule has 2 aliphatic heterocycles. The Kier molecular flexibility index (Phi) is 6.70. The fraction of sp³-hybridized carbons (Fsp3) is 0.650. The predicted octanol–water partition coefficient (Wildman–Crippen LogP) is 2.20. The van der Waals surface area contributed by atoms with Crippen LogP contribution < -0.4 is 4.74 Å². The van der Waals surface area contributed by atoms with Gasteiger partial charge in [-0.2, -0.15) is 0 Å². The Bertz CT molecular complexity index is 532. The van der Waals surface area contributed by atoms with E-state index in [4.69, 9.17) is 9.47 Å². The van der Waals surface area contributed by atoms with Crippen LogP contribution in [0.15, 0.2) is 24.3 Å². The summed E-state index contributed by atoms with van der Waals surface area (Å²) in [5.74, 6) is 1.82. The second kappa shape index (κ2) is 9.20. The van der Waals surface area contributed by atoms with Gasteiger partial charge in [0.25, 0.3) is 0 Å². The SMILES string of the molecule is CCOc1ccc(CC(=O)N2CCC(CN3CCOCC3)CC2)cc1. The monoisotopic (exact) mass is 346 g/mol. The molecular formula is C20H30N2O3. The van der Waals surface area contributed by atoms with Gasteiger partial charge in [-0.3, -0.25) is 9.69 Å². The largest absolute Gasteiger partial charge is 0.494 e. The van der Waals surface area contributed by atoms with Crippen molar-refractivity contribution in [1.82, 2.24) is 9.80 Å². The van der Waals surface area contributed by atoms with Gasteiger partial charge in [-0.15, -0.1) is 0 Å². The standard InChI is InChI=1S/C20H30N2O3/c1-2-25-19-5-3-17(4-6-19)15-20(23)22-9-7-18(8-10-22)16-21-11-13-24-14-12-21/h3-6,18H,2,7-16H2,1H3. The van der Waals surface area contributed by atoms with Crippen molar-refractivity contribution in [2.75, 3.05) is 52.5 Å². The van der Waals surface area contributed by atoms with Gasteiger partial charge in [0, 0.05) is 32.7 Å². The van der Waals surface area contributed by atoms with Gasteiger partial charge in [0.1, 0.15) is 5.75 Å². The zero-order chi connectivity index (χ0) is 17.5. The molecule has 3 rings (SSSR count). The molecule has 0 aliphatic carbocycles. The smallest absolute Gasteiger partial charge is 0.226 e. The maximum absolute atomic E-state index is 12.5. The van der Waals surface area contributed by atoms with Gasteiger partial charge >= 0.3 is 0 Å². The summed E-state index contributed by atoms with van der Waals surface area (Å²) in [4.78, 5) is 17.1. The second-order valence-corrected chi connectivity index (χ2v) is 6.99. The van der Waals surface area contributed by atoms with Crippen molar-refractivity contribution in [3.63, 3.8) is 0 Å². The van der Waals surface area contributed by atoms with Gasteiger partial charge in [0.15, 0.2) is 0 Å². The average Bonchev–Trinajstić information content (AvgIpc) is 2.65. The molecule has 1 aromatic rings. The van der Waals surface area contributed by atoms with Crippen LogP contribution in [-0.4, -0.2) is 68.3 Å². The zero-order valence-corrected chi connectivity index (χ0v) is 15.3. The highest BCUT2D eigenvalue weighted by molar-refractivity contribution is 5.78. The first-order chi connectivity index (χ1) is 12.2. The van der Waals surface area contributed by atoms with Gasteiger partial charge in [0.05, 0.1) is 26.2 Å². The van der Waals surface area contributed by atoms with Crippen molar-refractivity contribution in [3.05, 3.63) is 29.8 Å². The maximum Gasteiger partial charge on any atom is 0.226 e. The molecule has 0 aromatic heterocycles. The third-order valence-corrected chi connectivity index (χ3v) is 5.18. The summed E-state index contributed by atoms with van der Waals surface area (Å²) < 4.78 is 10.9. The molecule has 1 aromatic carbocycles. The number of likely N-dealkylation sites (tertiary alicyclic amines) is 1. The Balaban J connectivity index is 1.41. The summed E-state index contributed by atoms with van der Waals surface area (Å²) in [6.45, 7) is 9.41. The summed E-state index contributed by atoms with van der Waals surface area (Å²) in [7, 11) is 0. The Hall–Kier alpha value is -1.59. The number of amides is 1. The topological polar surface area (TPSA) is 42.0 Å². The molecule has 2 heterocycles. The highest BCUT2D eigenvalue weighted by atomic mass is 16.5. The lowest BCUT2D eigenvalue weighted by molar-refractivity contribution is -0.132. The number of morpholine rings is 1. The number of carbonyl (C=O) groups is 1. The lowest BCUT2D eigenvalue weighted by Crippen LogP contribution is -2.44. The molecule has 0 N–H and O–H groups in total. The predicted molar refractivity (Wildman–Crippen MR) is 97.9 cm³/mol. The number of ether oxygens (including phenoxy) is 2. The number of rotatable bonds is 6. The summed E-state index contributed by atoms with van der Waals surface area (Å²) in [6, 6.07) is 7.88. The molecule has 2 aliphatic rings. The van der Waals surface area contributed by atoms with E-state index >= 15 is 0 Å². The Morgan fingerprint density at radius 1 is 1.12 bits per heavy atom. The van der Waals surface area contributed by atoms with E-state index in [1.807, 2.05) is 36.1 Å². The molecule has 0 spiro atoms. The van der Waals surface area contributed by atoms with Crippen LogP contribution in [0.4, 0.5) is 0 Å². The van der Waals surface area contributed by atoms with Gasteiger partial charge in [0.2, 0.25) is 5.91 Å². The van der Waals surface area contributed by atoms with Crippen molar-refractivity contribution < 1.29 is 14.3 Å². The highest BCUT2D eigenvalue weighted by Crippen LogP contribution is 2.20. The van der Waals surface area contributed by atoms with Crippen LogP contribution in [-0.2, 0) is 16.0 Å². The summed E-state index contributed by atoms with van der Waals surface area (Å²) in [5, 5.41) is 0. The van der Waals surface area contributed by atoms with Crippen LogP contribution in [0.25, 0.3) is 0 Å². The lowest BCUT2D eigenvalue weighted by Gasteiger charge is -2.36. The van der Waals surface area contributed by atoms with Crippen LogP contribution in [0.5, 0.6) is 5.75 Å². The molecule has 5 heteroatoms. The zero-order valence-electron chi connectivity index (χ0n) is 15.3. The van der Waals surface area contributed by atoms with Gasteiger partial charge in [-0.1, -0.05) is 12.1 Å². The number of hydrogen-bond donors (Lipinski definition) is 0. The highest BCUT2D eigenvalue weighted by Gasteiger charge is 2.24. The molecule has 2 fully saturated rings. The number of carbonyl (C=O) groups excluding carboxylic acids is 1. The molecule has 0 unspecified atom stereocenters. The molecule has 0 bridgehead atoms. The first-order valence-electron chi connectivity index (χ1n) is 9.54. The quantitative estimate of drug-likeness (QED) is 0.792. The van der Waals surface area contributed by atoms with Crippen LogP contribution in [0.3, 0.4) is 0 Å². The van der Waals surface area contributed by atoms with E-state index in [2.05, 4.69) is 4.90 Å². The fourth-order valence-electron chi connectivity index (χ4n) is 3.67. The van der Waals surface area contributed by atoms with Crippen molar-refractivity contribution in [2.24, 2.45) is 5.92 Å². The van der Waals surface area contributed by atoms with Gasteiger partial charge in [-0.05, 0) is 43.4 Å². The third-order valence-electron chi connectivity index (χ3n) is 5.18. The third kappa shape index (κ3) is 5.44. The van der Waals surface area contributed by atoms with Crippen LogP contribution >= 0.6 is 0 Å². The number of benzene rings is 1. The van der Waals surface area contributed by atoms with Crippen molar-refractivity contribution in [2.45, 2.75) is 26.2 Å². The summed E-state index contributed by atoms with van der Waals surface area (Å²) in [5.41, 5.74) is 1.06. The first kappa shape index (κ1) is 18.2. The fourth-order valence-corrected chi connectivity index (χ4v) is 3.67. The van der Waals surface area contributed by atoms with E-state index in [-0.39, 0.29) is 5.91 Å². The Morgan fingerprint density at radius 3 is 2.44 bits per heavy atom. The van der Waals surface area contributed by atoms with Crippen LogP contribution in [0.2, 0.25) is 0 Å². The summed E-state index contributed by atoms with van der Waals surface area (Å²) in [6.07, 6.45) is 2.72. The second-order valence-electron chi connectivity index (χ2n) is 6.99. The van der Waals surface area contributed by atoms with Crippen molar-refractivity contribution >= 4 is 5.91 Å². The maximum atomic E-state index is 12.5.